The van der Waals surface area contributed by atoms with Crippen LogP contribution in [0.3, 0.4) is 0 Å². The molecule has 1 heteroatoms. The Morgan fingerprint density at radius 3 is 1.78 bits per heavy atom. The Kier molecular flexibility index (Phi) is 13.5. The van der Waals surface area contributed by atoms with Crippen LogP contribution in [0.25, 0.3) is 6.08 Å². The molecule has 0 aliphatic carbocycles. The average Bonchev–Trinajstić information content (AvgIpc) is 2.59. The summed E-state index contributed by atoms with van der Waals surface area (Å²) in [4.78, 5) is 0. The van der Waals surface area contributed by atoms with E-state index in [4.69, 9.17) is 4.74 Å². The largest absolute Gasteiger partial charge is 0.501 e. The Hall–Kier alpha value is -1.24. The predicted molar refractivity (Wildman–Crippen MR) is 103 cm³/mol. The molecule has 1 nitrogen and oxygen atoms in total. The molecule has 0 spiro atoms. The van der Waals surface area contributed by atoms with E-state index in [0.717, 1.165) is 6.61 Å². The number of unbranched alkanes of at least 4 members (excludes halogenated alkanes) is 11. The molecule has 0 aromatic heterocycles. The van der Waals surface area contributed by atoms with Crippen molar-refractivity contribution < 1.29 is 4.74 Å². The highest BCUT2D eigenvalue weighted by molar-refractivity contribution is 5.47. The highest BCUT2D eigenvalue weighted by atomic mass is 16.5. The third kappa shape index (κ3) is 12.9. The maximum absolute atomic E-state index is 5.55. The van der Waals surface area contributed by atoms with Gasteiger partial charge in [-0.1, -0.05) is 108 Å². The summed E-state index contributed by atoms with van der Waals surface area (Å²) in [6.07, 6.45) is 20.5. The Balaban J connectivity index is 1.77. The third-order valence-corrected chi connectivity index (χ3v) is 4.27. The van der Waals surface area contributed by atoms with Crippen molar-refractivity contribution in [1.82, 2.24) is 0 Å². The zero-order valence-electron chi connectivity index (χ0n) is 15.1. The monoisotopic (exact) mass is 316 g/mol. The average molecular weight is 317 g/mol. The number of hydrogen-bond acceptors (Lipinski definition) is 1. The van der Waals surface area contributed by atoms with E-state index in [1.54, 1.807) is 0 Å². The molecule has 0 aliphatic heterocycles. The number of hydrogen-bond donors (Lipinski definition) is 0. The zero-order valence-corrected chi connectivity index (χ0v) is 15.1. The van der Waals surface area contributed by atoms with Crippen molar-refractivity contribution in [3.05, 3.63) is 42.2 Å². The maximum Gasteiger partial charge on any atom is 0.0873 e. The summed E-state index contributed by atoms with van der Waals surface area (Å²) >= 11 is 0. The first-order chi connectivity index (χ1) is 11.4. The van der Waals surface area contributed by atoms with Gasteiger partial charge in [-0.3, -0.25) is 0 Å². The summed E-state index contributed by atoms with van der Waals surface area (Å²) in [7, 11) is 0. The fraction of sp³-hybridized carbons (Fsp3) is 0.636. The van der Waals surface area contributed by atoms with Gasteiger partial charge < -0.3 is 4.74 Å². The van der Waals surface area contributed by atoms with Gasteiger partial charge in [0.2, 0.25) is 0 Å². The molecule has 0 saturated heterocycles. The molecule has 23 heavy (non-hydrogen) atoms. The van der Waals surface area contributed by atoms with Gasteiger partial charge in [-0.15, -0.1) is 0 Å². The van der Waals surface area contributed by atoms with Crippen LogP contribution in [0, 0.1) is 0 Å². The number of rotatable bonds is 15. The molecule has 0 fully saturated rings. The van der Waals surface area contributed by atoms with E-state index < -0.39 is 0 Å². The van der Waals surface area contributed by atoms with Crippen molar-refractivity contribution in [2.45, 2.75) is 84.0 Å². The van der Waals surface area contributed by atoms with Gasteiger partial charge in [0.1, 0.15) is 0 Å². The molecule has 0 N–H and O–H groups in total. The molecule has 0 heterocycles. The van der Waals surface area contributed by atoms with Gasteiger partial charge in [-0.05, 0) is 18.1 Å². The van der Waals surface area contributed by atoms with Crippen LogP contribution < -0.4 is 0 Å². The Morgan fingerprint density at radius 2 is 1.22 bits per heavy atom. The third-order valence-electron chi connectivity index (χ3n) is 4.27. The van der Waals surface area contributed by atoms with Crippen LogP contribution in [0.1, 0.15) is 89.5 Å². The molecule has 1 aromatic rings. The van der Waals surface area contributed by atoms with Crippen molar-refractivity contribution in [1.29, 1.82) is 0 Å². The first-order valence-corrected chi connectivity index (χ1v) is 9.76. The molecule has 1 aromatic carbocycles. The minimum absolute atomic E-state index is 0.848. The quantitative estimate of drug-likeness (QED) is 0.242. The second-order valence-electron chi connectivity index (χ2n) is 6.47. The molecule has 0 atom stereocenters. The van der Waals surface area contributed by atoms with Gasteiger partial charge in [0.05, 0.1) is 12.9 Å². The molecule has 0 bridgehead atoms. The summed E-state index contributed by atoms with van der Waals surface area (Å²) in [6.45, 7) is 3.13. The van der Waals surface area contributed by atoms with E-state index >= 15 is 0 Å². The minimum atomic E-state index is 0.848. The lowest BCUT2D eigenvalue weighted by Crippen LogP contribution is -1.88. The molecule has 0 aliphatic rings. The molecular formula is C22H36O. The molecule has 130 valence electrons. The Labute approximate surface area is 144 Å². The lowest BCUT2D eigenvalue weighted by molar-refractivity contribution is 0.243. The fourth-order valence-corrected chi connectivity index (χ4v) is 2.79. The number of benzene rings is 1. The standard InChI is InChI=1S/C22H36O/c1-2-3-4-5-6-7-8-9-10-11-12-16-20-23-21-19-22-17-14-13-15-18-22/h13-15,17-19,21H,2-12,16,20H2,1H3. The SMILES string of the molecule is CCCCCCCCCCCCCCOC=Cc1ccccc1. The van der Waals surface area contributed by atoms with E-state index in [1.165, 1.54) is 82.6 Å². The summed E-state index contributed by atoms with van der Waals surface area (Å²) in [5, 5.41) is 0. The van der Waals surface area contributed by atoms with Gasteiger partial charge in [0.25, 0.3) is 0 Å². The summed E-state index contributed by atoms with van der Waals surface area (Å²) in [5.41, 5.74) is 1.20. The Morgan fingerprint density at radius 1 is 0.696 bits per heavy atom. The van der Waals surface area contributed by atoms with Crippen LogP contribution >= 0.6 is 0 Å². The summed E-state index contributed by atoms with van der Waals surface area (Å²) < 4.78 is 5.55. The Bertz CT molecular complexity index is 369. The molecule has 0 amide bonds. The van der Waals surface area contributed by atoms with Crippen LogP contribution in [-0.4, -0.2) is 6.61 Å². The van der Waals surface area contributed by atoms with Crippen molar-refractivity contribution in [2.24, 2.45) is 0 Å². The predicted octanol–water partition coefficient (Wildman–Crippen LogP) is 7.38. The lowest BCUT2D eigenvalue weighted by Gasteiger charge is -2.03. The van der Waals surface area contributed by atoms with E-state index in [0.29, 0.717) is 0 Å². The van der Waals surface area contributed by atoms with Crippen molar-refractivity contribution >= 4 is 6.08 Å². The normalized spacial score (nSPS) is 11.2. The zero-order chi connectivity index (χ0) is 16.4. The van der Waals surface area contributed by atoms with Crippen LogP contribution in [0.2, 0.25) is 0 Å². The first-order valence-electron chi connectivity index (χ1n) is 9.76. The van der Waals surface area contributed by atoms with Crippen LogP contribution in [-0.2, 0) is 4.74 Å². The van der Waals surface area contributed by atoms with Gasteiger partial charge in [-0.25, -0.2) is 0 Å². The maximum atomic E-state index is 5.55. The van der Waals surface area contributed by atoms with Crippen LogP contribution in [0.15, 0.2) is 36.6 Å². The van der Waals surface area contributed by atoms with Gasteiger partial charge in [0, 0.05) is 0 Å². The molecular weight excluding hydrogens is 280 g/mol. The van der Waals surface area contributed by atoms with E-state index in [2.05, 4.69) is 19.1 Å². The fourth-order valence-electron chi connectivity index (χ4n) is 2.79. The van der Waals surface area contributed by atoms with Gasteiger partial charge in [-0.2, -0.15) is 0 Å². The highest BCUT2D eigenvalue weighted by Gasteiger charge is 1.93. The van der Waals surface area contributed by atoms with Gasteiger partial charge >= 0.3 is 0 Å². The minimum Gasteiger partial charge on any atom is -0.501 e. The molecule has 1 rings (SSSR count). The van der Waals surface area contributed by atoms with Crippen LogP contribution in [0.4, 0.5) is 0 Å². The first kappa shape index (κ1) is 19.8. The highest BCUT2D eigenvalue weighted by Crippen LogP contribution is 2.12. The van der Waals surface area contributed by atoms with Crippen LogP contribution in [0.5, 0.6) is 0 Å². The van der Waals surface area contributed by atoms with E-state index in [9.17, 15) is 0 Å². The second-order valence-corrected chi connectivity index (χ2v) is 6.47. The summed E-state index contributed by atoms with van der Waals surface area (Å²) in [6, 6.07) is 10.3. The van der Waals surface area contributed by atoms with Crippen molar-refractivity contribution in [2.75, 3.05) is 6.61 Å². The summed E-state index contributed by atoms with van der Waals surface area (Å²) in [5.74, 6) is 0. The lowest BCUT2D eigenvalue weighted by atomic mass is 10.1. The molecule has 0 radical (unpaired) electrons. The topological polar surface area (TPSA) is 9.23 Å². The van der Waals surface area contributed by atoms with Gasteiger partial charge in [0.15, 0.2) is 0 Å². The van der Waals surface area contributed by atoms with E-state index in [1.807, 2.05) is 30.5 Å². The van der Waals surface area contributed by atoms with Crippen molar-refractivity contribution in [3.8, 4) is 0 Å². The molecule has 0 unspecified atom stereocenters. The molecule has 0 saturated carbocycles. The smallest absolute Gasteiger partial charge is 0.0873 e. The van der Waals surface area contributed by atoms with E-state index in [-0.39, 0.29) is 0 Å². The van der Waals surface area contributed by atoms with Crippen molar-refractivity contribution in [3.63, 3.8) is 0 Å². The second kappa shape index (κ2) is 15.6. The number of ether oxygens (including phenoxy) is 1.